The van der Waals surface area contributed by atoms with E-state index < -0.39 is 29.9 Å². The fourth-order valence-corrected chi connectivity index (χ4v) is 1.05. The fourth-order valence-electron chi connectivity index (χ4n) is 1.05. The Morgan fingerprint density at radius 1 is 1.06 bits per heavy atom. The highest BCUT2D eigenvalue weighted by Crippen LogP contribution is 1.97. The average Bonchev–Trinajstić information content (AvgIpc) is 2.22. The van der Waals surface area contributed by atoms with Gasteiger partial charge in [-0.3, -0.25) is 9.59 Å². The number of carboxylic acids is 1. The summed E-state index contributed by atoms with van der Waals surface area (Å²) in [5.74, 6) is -2.52. The van der Waals surface area contributed by atoms with Crippen LogP contribution in [0.5, 0.6) is 0 Å². The molecule has 0 aliphatic rings. The van der Waals surface area contributed by atoms with Crippen LogP contribution in [0.1, 0.15) is 19.3 Å². The molecule has 0 saturated carbocycles. The van der Waals surface area contributed by atoms with E-state index in [1.165, 1.54) is 0 Å². The number of carbonyl (C=O) groups is 4. The van der Waals surface area contributed by atoms with E-state index in [0.717, 1.165) is 0 Å². The van der Waals surface area contributed by atoms with Crippen LogP contribution in [0, 0.1) is 0 Å². The Morgan fingerprint density at radius 3 is 2.06 bits per heavy atom. The number of nitrogens with two attached hydrogens (primary N) is 2. The maximum Gasteiger partial charge on any atom is 0.326 e. The second-order valence-corrected chi connectivity index (χ2v) is 3.51. The van der Waals surface area contributed by atoms with Crippen molar-refractivity contribution in [2.24, 2.45) is 11.5 Å². The molecule has 1 atom stereocenters. The zero-order valence-electron chi connectivity index (χ0n) is 9.64. The smallest absolute Gasteiger partial charge is 0.326 e. The Bertz CT molecular complexity index is 344. The summed E-state index contributed by atoms with van der Waals surface area (Å²) in [7, 11) is 0. The summed E-state index contributed by atoms with van der Waals surface area (Å²) in [5.41, 5.74) is 9.73. The molecule has 0 aromatic rings. The standard InChI is InChI=1S/C9H16N4O5/c10-6(14)2-1-5(8(16)17)13-9(18)12-4-3-7(11)15/h5H,1-4H2,(H2,10,14)(H2,11,15)(H,16,17)(H2,12,13,18)/t5-/m1/s1. The lowest BCUT2D eigenvalue weighted by molar-refractivity contribution is -0.139. The van der Waals surface area contributed by atoms with Gasteiger partial charge >= 0.3 is 12.0 Å². The Kier molecular flexibility index (Phi) is 6.86. The third-order valence-electron chi connectivity index (χ3n) is 1.94. The van der Waals surface area contributed by atoms with Crippen LogP contribution in [0.4, 0.5) is 4.79 Å². The minimum Gasteiger partial charge on any atom is -0.480 e. The first-order valence-electron chi connectivity index (χ1n) is 5.16. The molecule has 4 amide bonds. The summed E-state index contributed by atoms with van der Waals surface area (Å²) in [5, 5.41) is 13.2. The highest BCUT2D eigenvalue weighted by atomic mass is 16.4. The van der Waals surface area contributed by atoms with Gasteiger partial charge in [-0.1, -0.05) is 0 Å². The number of nitrogens with one attached hydrogen (secondary N) is 2. The van der Waals surface area contributed by atoms with Crippen LogP contribution in [0.25, 0.3) is 0 Å². The molecule has 102 valence electrons. The third kappa shape index (κ3) is 7.91. The van der Waals surface area contributed by atoms with Gasteiger partial charge in [-0.2, -0.15) is 0 Å². The summed E-state index contributed by atoms with van der Waals surface area (Å²) in [6.07, 6.45) is -0.307. The molecule has 18 heavy (non-hydrogen) atoms. The van der Waals surface area contributed by atoms with Crippen molar-refractivity contribution in [1.29, 1.82) is 0 Å². The molecule has 0 spiro atoms. The van der Waals surface area contributed by atoms with Gasteiger partial charge in [-0.25, -0.2) is 9.59 Å². The van der Waals surface area contributed by atoms with Gasteiger partial charge in [0.15, 0.2) is 0 Å². The van der Waals surface area contributed by atoms with E-state index in [1.807, 2.05) is 0 Å². The summed E-state index contributed by atoms with van der Waals surface area (Å²) in [6.45, 7) is 0.00330. The van der Waals surface area contributed by atoms with E-state index in [2.05, 4.69) is 10.6 Å². The van der Waals surface area contributed by atoms with Crippen molar-refractivity contribution in [3.8, 4) is 0 Å². The van der Waals surface area contributed by atoms with Gasteiger partial charge in [0.2, 0.25) is 11.8 Å². The quantitative estimate of drug-likeness (QED) is 0.336. The first-order chi connectivity index (χ1) is 8.32. The highest BCUT2D eigenvalue weighted by Gasteiger charge is 2.20. The maximum absolute atomic E-state index is 11.2. The number of amides is 4. The van der Waals surface area contributed by atoms with E-state index in [1.54, 1.807) is 0 Å². The van der Waals surface area contributed by atoms with Crippen LogP contribution in [0.2, 0.25) is 0 Å². The van der Waals surface area contributed by atoms with E-state index >= 15 is 0 Å². The molecular weight excluding hydrogens is 244 g/mol. The Morgan fingerprint density at radius 2 is 1.61 bits per heavy atom. The lowest BCUT2D eigenvalue weighted by atomic mass is 10.1. The topological polar surface area (TPSA) is 165 Å². The monoisotopic (exact) mass is 260 g/mol. The average molecular weight is 260 g/mol. The molecule has 0 heterocycles. The summed E-state index contributed by atoms with van der Waals surface area (Å²) in [4.78, 5) is 42.9. The number of carboxylic acid groups (broad SMARTS) is 1. The first-order valence-corrected chi connectivity index (χ1v) is 5.16. The molecule has 0 rings (SSSR count). The number of aliphatic carboxylic acids is 1. The van der Waals surface area contributed by atoms with E-state index in [0.29, 0.717) is 0 Å². The Balaban J connectivity index is 4.07. The largest absolute Gasteiger partial charge is 0.480 e. The normalized spacial score (nSPS) is 11.3. The molecule has 0 saturated heterocycles. The molecule has 7 N–H and O–H groups in total. The lowest BCUT2D eigenvalue weighted by Crippen LogP contribution is -2.46. The molecule has 9 nitrogen and oxygen atoms in total. The van der Waals surface area contributed by atoms with Crippen LogP contribution >= 0.6 is 0 Å². The number of rotatable bonds is 8. The lowest BCUT2D eigenvalue weighted by Gasteiger charge is -2.14. The van der Waals surface area contributed by atoms with Crippen molar-refractivity contribution in [2.45, 2.75) is 25.3 Å². The molecule has 0 unspecified atom stereocenters. The van der Waals surface area contributed by atoms with Gasteiger partial charge < -0.3 is 27.2 Å². The summed E-state index contributed by atoms with van der Waals surface area (Å²) in [6, 6.07) is -1.97. The second kappa shape index (κ2) is 7.87. The van der Waals surface area contributed by atoms with Crippen LogP contribution in [0.3, 0.4) is 0 Å². The van der Waals surface area contributed by atoms with Crippen LogP contribution in [-0.2, 0) is 14.4 Å². The van der Waals surface area contributed by atoms with Crippen LogP contribution in [-0.4, -0.2) is 41.5 Å². The molecule has 0 aliphatic heterocycles. The second-order valence-electron chi connectivity index (χ2n) is 3.51. The van der Waals surface area contributed by atoms with Gasteiger partial charge in [-0.05, 0) is 6.42 Å². The minimum atomic E-state index is -1.28. The minimum absolute atomic E-state index is 0.00330. The molecule has 0 bridgehead atoms. The van der Waals surface area contributed by atoms with Crippen molar-refractivity contribution in [2.75, 3.05) is 6.54 Å². The maximum atomic E-state index is 11.2. The van der Waals surface area contributed by atoms with Crippen molar-refractivity contribution in [3.05, 3.63) is 0 Å². The SMILES string of the molecule is NC(=O)CCNC(=O)N[C@H](CCC(N)=O)C(=O)O. The van der Waals surface area contributed by atoms with Crippen LogP contribution in [0.15, 0.2) is 0 Å². The first kappa shape index (κ1) is 15.7. The van der Waals surface area contributed by atoms with Crippen molar-refractivity contribution in [3.63, 3.8) is 0 Å². The Hall–Kier alpha value is -2.32. The number of hydrogen-bond donors (Lipinski definition) is 5. The Labute approximate surface area is 103 Å². The van der Waals surface area contributed by atoms with Gasteiger partial charge in [0, 0.05) is 19.4 Å². The van der Waals surface area contributed by atoms with Gasteiger partial charge in [0.05, 0.1) is 0 Å². The zero-order chi connectivity index (χ0) is 14.1. The molecule has 9 heteroatoms. The van der Waals surface area contributed by atoms with E-state index in [9.17, 15) is 19.2 Å². The summed E-state index contributed by atoms with van der Waals surface area (Å²) >= 11 is 0. The van der Waals surface area contributed by atoms with Gasteiger partial charge in [0.1, 0.15) is 6.04 Å². The molecule has 0 radical (unpaired) electrons. The molecular formula is C9H16N4O5. The van der Waals surface area contributed by atoms with Crippen LogP contribution < -0.4 is 22.1 Å². The number of primary amides is 2. The number of carbonyl (C=O) groups excluding carboxylic acids is 3. The third-order valence-corrected chi connectivity index (χ3v) is 1.94. The van der Waals surface area contributed by atoms with Gasteiger partial charge in [-0.15, -0.1) is 0 Å². The number of urea groups is 1. The van der Waals surface area contributed by atoms with Crippen molar-refractivity contribution in [1.82, 2.24) is 10.6 Å². The zero-order valence-corrected chi connectivity index (χ0v) is 9.64. The van der Waals surface area contributed by atoms with E-state index in [4.69, 9.17) is 16.6 Å². The van der Waals surface area contributed by atoms with E-state index in [-0.39, 0.29) is 25.8 Å². The highest BCUT2D eigenvalue weighted by molar-refractivity contribution is 5.83. The molecule has 0 aliphatic carbocycles. The predicted octanol–water partition coefficient (Wildman–Crippen LogP) is -2.12. The number of hydrogen-bond acceptors (Lipinski definition) is 4. The summed E-state index contributed by atoms with van der Waals surface area (Å²) < 4.78 is 0. The molecule has 0 fully saturated rings. The molecule has 0 aromatic carbocycles. The fraction of sp³-hybridized carbons (Fsp3) is 0.556. The van der Waals surface area contributed by atoms with Crippen molar-refractivity contribution >= 4 is 23.8 Å². The predicted molar refractivity (Wildman–Crippen MR) is 60.2 cm³/mol. The van der Waals surface area contributed by atoms with Crippen molar-refractivity contribution < 1.29 is 24.3 Å². The molecule has 0 aromatic heterocycles. The van der Waals surface area contributed by atoms with Gasteiger partial charge in [0.25, 0.3) is 0 Å².